The van der Waals surface area contributed by atoms with E-state index in [0.29, 0.717) is 5.92 Å². The number of unbranched alkanes of at least 4 members (excludes halogenated alkanes) is 1. The molecular weight excluding hydrogens is 194 g/mol. The summed E-state index contributed by atoms with van der Waals surface area (Å²) in [5, 5.41) is -0.146. The highest BCUT2D eigenvalue weighted by molar-refractivity contribution is 7.81. The van der Waals surface area contributed by atoms with Crippen molar-refractivity contribution in [1.82, 2.24) is 4.90 Å². The van der Waals surface area contributed by atoms with Crippen LogP contribution < -0.4 is 0 Å². The molecule has 0 aliphatic carbocycles. The molecule has 1 amide bonds. The lowest BCUT2D eigenvalue weighted by Gasteiger charge is -2.25. The highest BCUT2D eigenvalue weighted by atomic mass is 32.1. The van der Waals surface area contributed by atoms with Crippen molar-refractivity contribution in [2.45, 2.75) is 45.8 Å². The van der Waals surface area contributed by atoms with Crippen LogP contribution in [0, 0.1) is 5.92 Å². The SMILES string of the molecule is CCCCN(CC)C(=O)C(S)C(C)C. The Morgan fingerprint density at radius 1 is 1.36 bits per heavy atom. The Kier molecular flexibility index (Phi) is 7.06. The monoisotopic (exact) mass is 217 g/mol. The summed E-state index contributed by atoms with van der Waals surface area (Å²) in [6, 6.07) is 0. The van der Waals surface area contributed by atoms with E-state index in [0.717, 1.165) is 25.9 Å². The number of carbonyl (C=O) groups excluding carboxylic acids is 1. The third-order valence-corrected chi connectivity index (χ3v) is 3.18. The largest absolute Gasteiger partial charge is 0.342 e. The van der Waals surface area contributed by atoms with Crippen molar-refractivity contribution in [2.75, 3.05) is 13.1 Å². The van der Waals surface area contributed by atoms with E-state index in [4.69, 9.17) is 0 Å². The van der Waals surface area contributed by atoms with E-state index < -0.39 is 0 Å². The van der Waals surface area contributed by atoms with Crippen LogP contribution in [-0.2, 0) is 4.79 Å². The smallest absolute Gasteiger partial charge is 0.235 e. The Bertz CT molecular complexity index is 171. The van der Waals surface area contributed by atoms with Crippen molar-refractivity contribution in [3.63, 3.8) is 0 Å². The standard InChI is InChI=1S/C11H23NOS/c1-5-7-8-12(6-2)11(13)10(14)9(3)4/h9-10,14H,5-8H2,1-4H3. The average Bonchev–Trinajstić information content (AvgIpc) is 2.17. The summed E-state index contributed by atoms with van der Waals surface area (Å²) in [6.07, 6.45) is 2.21. The van der Waals surface area contributed by atoms with Crippen LogP contribution in [0.2, 0.25) is 0 Å². The molecule has 84 valence electrons. The lowest BCUT2D eigenvalue weighted by molar-refractivity contribution is -0.131. The van der Waals surface area contributed by atoms with Gasteiger partial charge < -0.3 is 4.90 Å². The molecule has 1 unspecified atom stereocenters. The summed E-state index contributed by atoms with van der Waals surface area (Å²) in [5.74, 6) is 0.487. The minimum Gasteiger partial charge on any atom is -0.342 e. The Hall–Kier alpha value is -0.180. The molecule has 2 nitrogen and oxygen atoms in total. The van der Waals surface area contributed by atoms with Crippen LogP contribution >= 0.6 is 12.6 Å². The Balaban J connectivity index is 4.16. The molecule has 0 spiro atoms. The third kappa shape index (κ3) is 4.36. The maximum Gasteiger partial charge on any atom is 0.235 e. The van der Waals surface area contributed by atoms with Gasteiger partial charge >= 0.3 is 0 Å². The number of thiol groups is 1. The van der Waals surface area contributed by atoms with Crippen molar-refractivity contribution in [3.8, 4) is 0 Å². The van der Waals surface area contributed by atoms with Gasteiger partial charge in [0.05, 0.1) is 5.25 Å². The molecule has 0 aliphatic heterocycles. The minimum atomic E-state index is -0.146. The summed E-state index contributed by atoms with van der Waals surface area (Å²) < 4.78 is 0. The van der Waals surface area contributed by atoms with Crippen molar-refractivity contribution in [3.05, 3.63) is 0 Å². The van der Waals surface area contributed by atoms with E-state index in [1.807, 2.05) is 25.7 Å². The number of hydrogen-bond acceptors (Lipinski definition) is 2. The first-order valence-electron chi connectivity index (χ1n) is 5.51. The Labute approximate surface area is 93.5 Å². The third-order valence-electron chi connectivity index (χ3n) is 2.36. The first kappa shape index (κ1) is 13.8. The Morgan fingerprint density at radius 3 is 2.29 bits per heavy atom. The molecular formula is C11H23NOS. The fourth-order valence-electron chi connectivity index (χ4n) is 1.25. The number of rotatable bonds is 6. The molecule has 0 aromatic carbocycles. The van der Waals surface area contributed by atoms with Gasteiger partial charge in [0.1, 0.15) is 0 Å². The van der Waals surface area contributed by atoms with E-state index in [1.54, 1.807) is 0 Å². The van der Waals surface area contributed by atoms with E-state index in [2.05, 4.69) is 19.6 Å². The number of nitrogens with zero attached hydrogens (tertiary/aromatic N) is 1. The predicted molar refractivity (Wildman–Crippen MR) is 64.8 cm³/mol. The molecule has 0 saturated heterocycles. The highest BCUT2D eigenvalue weighted by Crippen LogP contribution is 2.12. The van der Waals surface area contributed by atoms with Crippen molar-refractivity contribution in [1.29, 1.82) is 0 Å². The minimum absolute atomic E-state index is 0.146. The van der Waals surface area contributed by atoms with Crippen molar-refractivity contribution in [2.24, 2.45) is 5.92 Å². The first-order chi connectivity index (χ1) is 6.54. The maximum atomic E-state index is 11.9. The van der Waals surface area contributed by atoms with E-state index in [1.165, 1.54) is 0 Å². The predicted octanol–water partition coefficient (Wildman–Crippen LogP) is 2.59. The van der Waals surface area contributed by atoms with Crippen LogP contribution in [-0.4, -0.2) is 29.1 Å². The van der Waals surface area contributed by atoms with Crippen LogP contribution in [0.15, 0.2) is 0 Å². The van der Waals surface area contributed by atoms with Gasteiger partial charge in [-0.3, -0.25) is 4.79 Å². The van der Waals surface area contributed by atoms with Gasteiger partial charge in [-0.1, -0.05) is 27.2 Å². The zero-order chi connectivity index (χ0) is 11.1. The maximum absolute atomic E-state index is 11.9. The van der Waals surface area contributed by atoms with Gasteiger partial charge in [0.15, 0.2) is 0 Å². The van der Waals surface area contributed by atoms with Crippen LogP contribution in [0.1, 0.15) is 40.5 Å². The van der Waals surface area contributed by atoms with Crippen LogP contribution in [0.3, 0.4) is 0 Å². The fourth-order valence-corrected chi connectivity index (χ4v) is 1.41. The normalized spacial score (nSPS) is 13.0. The van der Waals surface area contributed by atoms with E-state index >= 15 is 0 Å². The second-order valence-corrected chi connectivity index (χ2v) is 4.52. The molecule has 0 aliphatic rings. The average molecular weight is 217 g/mol. The zero-order valence-electron chi connectivity index (χ0n) is 9.79. The quantitative estimate of drug-likeness (QED) is 0.678. The second kappa shape index (κ2) is 7.16. The second-order valence-electron chi connectivity index (χ2n) is 3.96. The molecule has 1 atom stereocenters. The fraction of sp³-hybridized carbons (Fsp3) is 0.909. The number of hydrogen-bond donors (Lipinski definition) is 1. The summed E-state index contributed by atoms with van der Waals surface area (Å²) in [6.45, 7) is 9.89. The van der Waals surface area contributed by atoms with Crippen LogP contribution in [0.4, 0.5) is 0 Å². The molecule has 14 heavy (non-hydrogen) atoms. The topological polar surface area (TPSA) is 20.3 Å². The Morgan fingerprint density at radius 2 is 1.93 bits per heavy atom. The first-order valence-corrected chi connectivity index (χ1v) is 6.03. The highest BCUT2D eigenvalue weighted by Gasteiger charge is 2.22. The van der Waals surface area contributed by atoms with E-state index in [-0.39, 0.29) is 11.2 Å². The molecule has 3 heteroatoms. The van der Waals surface area contributed by atoms with Gasteiger partial charge in [-0.25, -0.2) is 0 Å². The molecule has 0 N–H and O–H groups in total. The van der Waals surface area contributed by atoms with Crippen molar-refractivity contribution < 1.29 is 4.79 Å². The molecule has 0 radical (unpaired) electrons. The number of carbonyl (C=O) groups is 1. The molecule has 0 fully saturated rings. The summed E-state index contributed by atoms with van der Waals surface area (Å²) in [5.41, 5.74) is 0. The van der Waals surface area contributed by atoms with Crippen LogP contribution in [0.5, 0.6) is 0 Å². The van der Waals surface area contributed by atoms with E-state index in [9.17, 15) is 4.79 Å². The summed E-state index contributed by atoms with van der Waals surface area (Å²) in [4.78, 5) is 13.8. The lowest BCUT2D eigenvalue weighted by Crippen LogP contribution is -2.39. The summed E-state index contributed by atoms with van der Waals surface area (Å²) in [7, 11) is 0. The number of amides is 1. The van der Waals surface area contributed by atoms with Gasteiger partial charge in [-0.2, -0.15) is 12.6 Å². The van der Waals surface area contributed by atoms with Gasteiger partial charge in [-0.15, -0.1) is 0 Å². The zero-order valence-corrected chi connectivity index (χ0v) is 10.7. The molecule has 0 heterocycles. The van der Waals surface area contributed by atoms with Crippen LogP contribution in [0.25, 0.3) is 0 Å². The van der Waals surface area contributed by atoms with Gasteiger partial charge in [0.25, 0.3) is 0 Å². The van der Waals surface area contributed by atoms with Crippen molar-refractivity contribution >= 4 is 18.5 Å². The molecule has 0 rings (SSSR count). The molecule has 0 aromatic heterocycles. The molecule has 0 bridgehead atoms. The van der Waals surface area contributed by atoms with Gasteiger partial charge in [0.2, 0.25) is 5.91 Å². The lowest BCUT2D eigenvalue weighted by atomic mass is 10.1. The molecule has 0 aromatic rings. The van der Waals surface area contributed by atoms with Gasteiger partial charge in [0, 0.05) is 13.1 Å². The van der Waals surface area contributed by atoms with Gasteiger partial charge in [-0.05, 0) is 19.3 Å². The summed E-state index contributed by atoms with van der Waals surface area (Å²) >= 11 is 4.34. The molecule has 0 saturated carbocycles.